The van der Waals surface area contributed by atoms with E-state index in [9.17, 15) is 0 Å². The molecule has 1 saturated carbocycles. The van der Waals surface area contributed by atoms with Crippen LogP contribution in [0, 0.1) is 5.92 Å². The third-order valence-corrected chi connectivity index (χ3v) is 4.90. The van der Waals surface area contributed by atoms with Crippen LogP contribution in [0.25, 0.3) is 10.2 Å². The van der Waals surface area contributed by atoms with Crippen LogP contribution in [0.1, 0.15) is 19.3 Å². The summed E-state index contributed by atoms with van der Waals surface area (Å²) in [5, 5.41) is 9.81. The molecule has 2 aromatic rings. The summed E-state index contributed by atoms with van der Waals surface area (Å²) < 4.78 is 5.89. The highest BCUT2D eigenvalue weighted by Crippen LogP contribution is 2.40. The number of rotatable bonds is 4. The number of anilines is 2. The molecule has 2 atom stereocenters. The second kappa shape index (κ2) is 4.86. The fourth-order valence-corrected chi connectivity index (χ4v) is 3.67. The van der Waals surface area contributed by atoms with Gasteiger partial charge in [0.15, 0.2) is 0 Å². The topological polar surface area (TPSA) is 59.1 Å². The highest BCUT2D eigenvalue weighted by molar-refractivity contribution is 7.16. The Morgan fingerprint density at radius 3 is 3.00 bits per heavy atom. The molecular weight excluding hydrogens is 272 g/mol. The maximum atomic E-state index is 5.89. The highest BCUT2D eigenvalue weighted by atomic mass is 32.1. The van der Waals surface area contributed by atoms with Crippen molar-refractivity contribution < 1.29 is 4.74 Å². The predicted octanol–water partition coefficient (Wildman–Crippen LogP) is 2.71. The first-order valence-corrected chi connectivity index (χ1v) is 8.04. The summed E-state index contributed by atoms with van der Waals surface area (Å²) >= 11 is 1.65. The second-order valence-corrected chi connectivity index (χ2v) is 6.39. The van der Waals surface area contributed by atoms with Crippen LogP contribution >= 0.6 is 11.3 Å². The van der Waals surface area contributed by atoms with Gasteiger partial charge in [0.25, 0.3) is 0 Å². The van der Waals surface area contributed by atoms with Gasteiger partial charge >= 0.3 is 0 Å². The van der Waals surface area contributed by atoms with Gasteiger partial charge in [-0.25, -0.2) is 4.98 Å². The largest absolute Gasteiger partial charge is 0.376 e. The SMILES string of the molecule is CNc1nc(NC2CCOC2C2CC2)c2ccsc2n1. The van der Waals surface area contributed by atoms with Gasteiger partial charge in [0.05, 0.1) is 17.5 Å². The third kappa shape index (κ3) is 2.13. The van der Waals surface area contributed by atoms with Crippen molar-refractivity contribution in [2.24, 2.45) is 5.92 Å². The number of aromatic nitrogens is 2. The molecule has 0 amide bonds. The van der Waals surface area contributed by atoms with E-state index in [0.717, 1.165) is 35.0 Å². The van der Waals surface area contributed by atoms with Gasteiger partial charge in [-0.3, -0.25) is 0 Å². The van der Waals surface area contributed by atoms with Crippen molar-refractivity contribution in [1.82, 2.24) is 9.97 Å². The van der Waals surface area contributed by atoms with Crippen LogP contribution in [-0.4, -0.2) is 35.8 Å². The number of hydrogen-bond acceptors (Lipinski definition) is 6. The van der Waals surface area contributed by atoms with Crippen LogP contribution in [0.4, 0.5) is 11.8 Å². The molecular formula is C14H18N4OS. The van der Waals surface area contributed by atoms with Gasteiger partial charge in [-0.05, 0) is 36.6 Å². The molecule has 4 rings (SSSR count). The van der Waals surface area contributed by atoms with Gasteiger partial charge in [-0.2, -0.15) is 4.98 Å². The van der Waals surface area contributed by atoms with Crippen LogP contribution in [0.3, 0.4) is 0 Å². The van der Waals surface area contributed by atoms with Gasteiger partial charge in [-0.1, -0.05) is 0 Å². The number of nitrogens with zero attached hydrogens (tertiary/aromatic N) is 2. The van der Waals surface area contributed by atoms with E-state index in [1.165, 1.54) is 12.8 Å². The van der Waals surface area contributed by atoms with Gasteiger partial charge in [0.1, 0.15) is 10.6 Å². The average molecular weight is 290 g/mol. The minimum Gasteiger partial charge on any atom is -0.376 e. The number of nitrogens with one attached hydrogen (secondary N) is 2. The van der Waals surface area contributed by atoms with E-state index in [1.54, 1.807) is 11.3 Å². The number of ether oxygens (including phenoxy) is 1. The smallest absolute Gasteiger partial charge is 0.225 e. The highest BCUT2D eigenvalue weighted by Gasteiger charge is 2.40. The molecule has 0 radical (unpaired) electrons. The molecule has 2 aliphatic rings. The van der Waals surface area contributed by atoms with E-state index in [1.807, 2.05) is 7.05 Å². The van der Waals surface area contributed by atoms with Gasteiger partial charge in [0, 0.05) is 13.7 Å². The summed E-state index contributed by atoms with van der Waals surface area (Å²) in [5.74, 6) is 2.35. The van der Waals surface area contributed by atoms with Crippen molar-refractivity contribution in [3.8, 4) is 0 Å². The molecule has 2 aromatic heterocycles. The van der Waals surface area contributed by atoms with Crippen LogP contribution < -0.4 is 10.6 Å². The first kappa shape index (κ1) is 12.3. The maximum absolute atomic E-state index is 5.89. The molecule has 1 aliphatic carbocycles. The quantitative estimate of drug-likeness (QED) is 0.906. The van der Waals surface area contributed by atoms with E-state index in [4.69, 9.17) is 4.74 Å². The molecule has 1 saturated heterocycles. The Morgan fingerprint density at radius 2 is 2.20 bits per heavy atom. The van der Waals surface area contributed by atoms with Crippen molar-refractivity contribution in [3.63, 3.8) is 0 Å². The van der Waals surface area contributed by atoms with Crippen molar-refractivity contribution in [2.45, 2.75) is 31.4 Å². The number of thiophene rings is 1. The lowest BCUT2D eigenvalue weighted by Crippen LogP contribution is -2.31. The van der Waals surface area contributed by atoms with E-state index in [2.05, 4.69) is 32.0 Å². The minimum atomic E-state index is 0.358. The summed E-state index contributed by atoms with van der Waals surface area (Å²) in [6, 6.07) is 2.47. The van der Waals surface area contributed by atoms with E-state index < -0.39 is 0 Å². The zero-order valence-electron chi connectivity index (χ0n) is 11.4. The molecule has 2 N–H and O–H groups in total. The van der Waals surface area contributed by atoms with E-state index >= 15 is 0 Å². The Bertz CT molecular complexity index is 625. The van der Waals surface area contributed by atoms with Crippen LogP contribution in [0.5, 0.6) is 0 Å². The van der Waals surface area contributed by atoms with Crippen molar-refractivity contribution in [1.29, 1.82) is 0 Å². The van der Waals surface area contributed by atoms with Gasteiger partial charge < -0.3 is 15.4 Å². The van der Waals surface area contributed by atoms with Gasteiger partial charge in [-0.15, -0.1) is 11.3 Å². The molecule has 5 nitrogen and oxygen atoms in total. The Kier molecular flexibility index (Phi) is 3.00. The lowest BCUT2D eigenvalue weighted by atomic mass is 10.1. The third-order valence-electron chi connectivity index (χ3n) is 4.09. The molecule has 2 unspecified atom stereocenters. The molecule has 20 heavy (non-hydrogen) atoms. The summed E-state index contributed by atoms with van der Waals surface area (Å²) in [4.78, 5) is 10.1. The minimum absolute atomic E-state index is 0.358. The second-order valence-electron chi connectivity index (χ2n) is 5.50. The monoisotopic (exact) mass is 290 g/mol. The Labute approximate surface area is 121 Å². The predicted molar refractivity (Wildman–Crippen MR) is 81.5 cm³/mol. The first-order valence-electron chi connectivity index (χ1n) is 7.16. The Hall–Kier alpha value is -1.40. The van der Waals surface area contributed by atoms with Crippen molar-refractivity contribution in [2.75, 3.05) is 24.3 Å². The Morgan fingerprint density at radius 1 is 1.30 bits per heavy atom. The first-order chi connectivity index (χ1) is 9.85. The fourth-order valence-electron chi connectivity index (χ4n) is 2.91. The van der Waals surface area contributed by atoms with E-state index in [-0.39, 0.29) is 0 Å². The van der Waals surface area contributed by atoms with Crippen molar-refractivity contribution in [3.05, 3.63) is 11.4 Å². The fraction of sp³-hybridized carbons (Fsp3) is 0.571. The van der Waals surface area contributed by atoms with E-state index in [0.29, 0.717) is 18.1 Å². The van der Waals surface area contributed by atoms with Crippen LogP contribution in [0.2, 0.25) is 0 Å². The summed E-state index contributed by atoms with van der Waals surface area (Å²) in [7, 11) is 1.85. The van der Waals surface area contributed by atoms with Crippen molar-refractivity contribution >= 4 is 33.3 Å². The number of fused-ring (bicyclic) bond motifs is 1. The average Bonchev–Trinajstić information content (AvgIpc) is 3.01. The summed E-state index contributed by atoms with van der Waals surface area (Å²) in [6.45, 7) is 0.857. The Balaban J connectivity index is 1.65. The normalized spacial score (nSPS) is 26.1. The molecule has 1 aliphatic heterocycles. The number of hydrogen-bond donors (Lipinski definition) is 2. The molecule has 2 fully saturated rings. The zero-order chi connectivity index (χ0) is 13.5. The molecule has 6 heteroatoms. The van der Waals surface area contributed by atoms with Gasteiger partial charge in [0.2, 0.25) is 5.95 Å². The maximum Gasteiger partial charge on any atom is 0.225 e. The molecule has 3 heterocycles. The lowest BCUT2D eigenvalue weighted by molar-refractivity contribution is 0.0898. The molecule has 0 bridgehead atoms. The summed E-state index contributed by atoms with van der Waals surface area (Å²) in [6.07, 6.45) is 4.03. The standard InChI is InChI=1S/C14H18N4OS/c1-15-14-17-12(9-5-7-20-13(9)18-14)16-10-4-6-19-11(10)8-2-3-8/h5,7-8,10-11H,2-4,6H2,1H3,(H2,15,16,17,18). The molecule has 0 aromatic carbocycles. The molecule has 0 spiro atoms. The summed E-state index contributed by atoms with van der Waals surface area (Å²) in [5.41, 5.74) is 0. The molecule has 106 valence electrons. The van der Waals surface area contributed by atoms with Crippen LogP contribution in [-0.2, 0) is 4.74 Å². The van der Waals surface area contributed by atoms with Crippen LogP contribution in [0.15, 0.2) is 11.4 Å². The zero-order valence-corrected chi connectivity index (χ0v) is 12.2. The lowest BCUT2D eigenvalue weighted by Gasteiger charge is -2.20.